The minimum Gasteiger partial charge on any atom is -0.481 e. The van der Waals surface area contributed by atoms with Gasteiger partial charge in [-0.25, -0.2) is 0 Å². The predicted octanol–water partition coefficient (Wildman–Crippen LogP) is 6.00. The third-order valence-corrected chi connectivity index (χ3v) is 6.52. The van der Waals surface area contributed by atoms with E-state index < -0.39 is 17.8 Å². The van der Waals surface area contributed by atoms with Gasteiger partial charge in [0.15, 0.2) is 0 Å². The molecule has 0 spiro atoms. The number of benzene rings is 2. The lowest BCUT2D eigenvalue weighted by Gasteiger charge is -2.21. The summed E-state index contributed by atoms with van der Waals surface area (Å²) in [6.45, 7) is 4.13. The fourth-order valence-corrected chi connectivity index (χ4v) is 4.40. The largest absolute Gasteiger partial charge is 0.481 e. The van der Waals surface area contributed by atoms with Crippen molar-refractivity contribution in [2.75, 3.05) is 11.9 Å². The summed E-state index contributed by atoms with van der Waals surface area (Å²) in [6, 6.07) is 17.5. The molecule has 0 aromatic heterocycles. The maximum absolute atomic E-state index is 13.1. The lowest BCUT2D eigenvalue weighted by Crippen LogP contribution is -2.38. The molecule has 2 amide bonds. The van der Waals surface area contributed by atoms with E-state index in [1.54, 1.807) is 12.1 Å². The molecule has 0 fully saturated rings. The highest BCUT2D eigenvalue weighted by atomic mass is 16.4. The van der Waals surface area contributed by atoms with Crippen LogP contribution < -0.4 is 10.6 Å². The fraction of sp³-hybridized carbons (Fsp3) is 0.500. The summed E-state index contributed by atoms with van der Waals surface area (Å²) in [7, 11) is 0. The van der Waals surface area contributed by atoms with Gasteiger partial charge in [-0.05, 0) is 55.4 Å². The van der Waals surface area contributed by atoms with Crippen LogP contribution in [-0.2, 0) is 27.2 Å². The van der Waals surface area contributed by atoms with Gasteiger partial charge >= 0.3 is 5.97 Å². The summed E-state index contributed by atoms with van der Waals surface area (Å²) < 4.78 is 0. The number of amides is 2. The van der Waals surface area contributed by atoms with Gasteiger partial charge in [0.1, 0.15) is 0 Å². The highest BCUT2D eigenvalue weighted by Gasteiger charge is 2.27. The van der Waals surface area contributed by atoms with E-state index >= 15 is 0 Å². The Morgan fingerprint density at radius 3 is 2.06 bits per heavy atom. The van der Waals surface area contributed by atoms with E-state index in [2.05, 4.69) is 48.7 Å². The lowest BCUT2D eigenvalue weighted by molar-refractivity contribution is -0.143. The van der Waals surface area contributed by atoms with Crippen molar-refractivity contribution in [3.63, 3.8) is 0 Å². The van der Waals surface area contributed by atoms with Gasteiger partial charge in [0.2, 0.25) is 11.8 Å². The van der Waals surface area contributed by atoms with Crippen LogP contribution in [0.1, 0.15) is 76.3 Å². The molecule has 1 unspecified atom stereocenters. The number of para-hydroxylation sites is 1. The van der Waals surface area contributed by atoms with Crippen LogP contribution >= 0.6 is 0 Å². The average molecular weight is 495 g/mol. The van der Waals surface area contributed by atoms with E-state index in [0.29, 0.717) is 24.9 Å². The van der Waals surface area contributed by atoms with Crippen molar-refractivity contribution in [3.8, 4) is 0 Å². The number of aryl methyl sites for hydroxylation is 2. The number of hydrogen-bond donors (Lipinski definition) is 3. The zero-order valence-electron chi connectivity index (χ0n) is 21.8. The molecule has 0 aliphatic carbocycles. The van der Waals surface area contributed by atoms with Gasteiger partial charge in [0.25, 0.3) is 0 Å². The number of carboxylic acid groups (broad SMARTS) is 1. The molecule has 3 N–H and O–H groups in total. The Kier molecular flexibility index (Phi) is 13.3. The molecule has 196 valence electrons. The van der Waals surface area contributed by atoms with Gasteiger partial charge in [-0.1, -0.05) is 88.4 Å². The second-order valence-corrected chi connectivity index (χ2v) is 9.55. The Morgan fingerprint density at radius 2 is 1.44 bits per heavy atom. The molecule has 0 saturated carbocycles. The minimum absolute atomic E-state index is 0.149. The number of unbranched alkanes of at least 4 members (excludes halogenated alkanes) is 3. The number of hydrogen-bond acceptors (Lipinski definition) is 3. The van der Waals surface area contributed by atoms with Gasteiger partial charge in [0.05, 0.1) is 12.5 Å². The molecule has 2 aromatic carbocycles. The predicted molar refractivity (Wildman–Crippen MR) is 145 cm³/mol. The van der Waals surface area contributed by atoms with Crippen molar-refractivity contribution in [1.82, 2.24) is 5.32 Å². The van der Waals surface area contributed by atoms with E-state index in [9.17, 15) is 19.5 Å². The number of nitrogens with one attached hydrogen (secondary N) is 2. The van der Waals surface area contributed by atoms with Crippen LogP contribution in [0.5, 0.6) is 0 Å². The molecule has 0 saturated heterocycles. The molecule has 0 heterocycles. The first-order chi connectivity index (χ1) is 17.4. The molecular weight excluding hydrogens is 452 g/mol. The van der Waals surface area contributed by atoms with Crippen LogP contribution in [0.2, 0.25) is 0 Å². The fourth-order valence-electron chi connectivity index (χ4n) is 4.40. The van der Waals surface area contributed by atoms with Crippen LogP contribution in [0.25, 0.3) is 0 Å². The lowest BCUT2D eigenvalue weighted by atomic mass is 9.86. The normalized spacial score (nSPS) is 12.5. The monoisotopic (exact) mass is 494 g/mol. The van der Waals surface area contributed by atoms with E-state index in [1.807, 2.05) is 18.2 Å². The Bertz CT molecular complexity index is 928. The van der Waals surface area contributed by atoms with Crippen LogP contribution in [0.4, 0.5) is 5.69 Å². The summed E-state index contributed by atoms with van der Waals surface area (Å²) in [5.41, 5.74) is 3.08. The third kappa shape index (κ3) is 11.1. The van der Waals surface area contributed by atoms with E-state index in [4.69, 9.17) is 0 Å². The summed E-state index contributed by atoms with van der Waals surface area (Å²) in [5, 5.41) is 15.3. The van der Waals surface area contributed by atoms with Crippen molar-refractivity contribution < 1.29 is 19.5 Å². The Hall–Kier alpha value is -3.15. The van der Waals surface area contributed by atoms with Gasteiger partial charge in [0, 0.05) is 11.6 Å². The van der Waals surface area contributed by atoms with Crippen LogP contribution in [0.3, 0.4) is 0 Å². The molecule has 0 aliphatic heterocycles. The SMILES string of the molecule is CCCCCCC(C[C@@H](CCc1ccc(CCC)cc1)C(=O)NCC(=O)Nc1ccccc1)C(=O)O. The molecular formula is C30H42N2O4. The molecule has 0 radical (unpaired) electrons. The topological polar surface area (TPSA) is 95.5 Å². The van der Waals surface area contributed by atoms with Crippen LogP contribution in [0.15, 0.2) is 54.6 Å². The molecule has 6 nitrogen and oxygen atoms in total. The minimum atomic E-state index is -0.852. The van der Waals surface area contributed by atoms with Crippen LogP contribution in [0, 0.1) is 11.8 Å². The smallest absolute Gasteiger partial charge is 0.306 e. The number of anilines is 1. The Labute approximate surface area is 215 Å². The molecule has 0 aliphatic rings. The highest BCUT2D eigenvalue weighted by molar-refractivity contribution is 5.94. The zero-order chi connectivity index (χ0) is 26.2. The summed E-state index contributed by atoms with van der Waals surface area (Å²) in [4.78, 5) is 37.4. The number of carbonyl (C=O) groups is 3. The number of rotatable bonds is 17. The first kappa shape index (κ1) is 29.1. The number of aliphatic carboxylic acids is 1. The van der Waals surface area contributed by atoms with Gasteiger partial charge in [-0.2, -0.15) is 0 Å². The molecule has 2 rings (SSSR count). The Morgan fingerprint density at radius 1 is 0.778 bits per heavy atom. The second kappa shape index (κ2) is 16.5. The maximum atomic E-state index is 13.1. The third-order valence-electron chi connectivity index (χ3n) is 6.52. The maximum Gasteiger partial charge on any atom is 0.306 e. The number of carbonyl (C=O) groups excluding carboxylic acids is 2. The van der Waals surface area contributed by atoms with Gasteiger partial charge in [-0.3, -0.25) is 14.4 Å². The highest BCUT2D eigenvalue weighted by Crippen LogP contribution is 2.24. The van der Waals surface area contributed by atoms with Crippen molar-refractivity contribution in [2.24, 2.45) is 11.8 Å². The van der Waals surface area contributed by atoms with Gasteiger partial charge < -0.3 is 15.7 Å². The van der Waals surface area contributed by atoms with Gasteiger partial charge in [-0.15, -0.1) is 0 Å². The van der Waals surface area contributed by atoms with E-state index in [0.717, 1.165) is 44.1 Å². The summed E-state index contributed by atoms with van der Waals surface area (Å²) in [5.74, 6) is -2.47. The first-order valence-corrected chi connectivity index (χ1v) is 13.4. The van der Waals surface area contributed by atoms with E-state index in [1.165, 1.54) is 5.56 Å². The first-order valence-electron chi connectivity index (χ1n) is 13.4. The molecule has 2 aromatic rings. The quantitative estimate of drug-likeness (QED) is 0.235. The molecule has 0 bridgehead atoms. The van der Waals surface area contributed by atoms with Crippen molar-refractivity contribution in [3.05, 3.63) is 65.7 Å². The van der Waals surface area contributed by atoms with Crippen molar-refractivity contribution >= 4 is 23.5 Å². The summed E-state index contributed by atoms with van der Waals surface area (Å²) in [6.07, 6.45) is 8.22. The van der Waals surface area contributed by atoms with Crippen LogP contribution in [-0.4, -0.2) is 29.4 Å². The Balaban J connectivity index is 2.01. The standard InChI is InChI=1S/C30H42N2O4/c1-3-5-6-8-12-26(30(35)36)21-25(20-19-24-17-15-23(11-4-2)16-18-24)29(34)31-22-28(33)32-27-13-9-7-10-14-27/h7,9-10,13-18,25-26H,3-6,8,11-12,19-22H2,1-2H3,(H,31,34)(H,32,33)(H,35,36)/t25-,26?/m1/s1. The molecule has 2 atom stereocenters. The molecule has 6 heteroatoms. The second-order valence-electron chi connectivity index (χ2n) is 9.55. The molecule has 36 heavy (non-hydrogen) atoms. The average Bonchev–Trinajstić information content (AvgIpc) is 2.88. The van der Waals surface area contributed by atoms with Crippen molar-refractivity contribution in [2.45, 2.75) is 78.1 Å². The summed E-state index contributed by atoms with van der Waals surface area (Å²) >= 11 is 0. The zero-order valence-corrected chi connectivity index (χ0v) is 21.8. The van der Waals surface area contributed by atoms with E-state index in [-0.39, 0.29) is 24.8 Å². The number of carboxylic acids is 1. The van der Waals surface area contributed by atoms with Crippen molar-refractivity contribution in [1.29, 1.82) is 0 Å².